The fourth-order valence-electron chi connectivity index (χ4n) is 3.29. The zero-order valence-electron chi connectivity index (χ0n) is 15.6. The Morgan fingerprint density at radius 1 is 1.26 bits per heavy atom. The third-order valence-electron chi connectivity index (χ3n) is 4.58. The van der Waals surface area contributed by atoms with Crippen LogP contribution in [0, 0.1) is 6.92 Å². The first-order valence-electron chi connectivity index (χ1n) is 8.86. The molecule has 0 fully saturated rings. The van der Waals surface area contributed by atoms with Gasteiger partial charge in [0.1, 0.15) is 5.75 Å². The number of ether oxygens (including phenoxy) is 2. The minimum absolute atomic E-state index is 0.0315. The summed E-state index contributed by atoms with van der Waals surface area (Å²) in [7, 11) is 0. The van der Waals surface area contributed by atoms with Crippen LogP contribution < -0.4 is 9.64 Å². The lowest BCUT2D eigenvalue weighted by atomic mass is 10.1. The summed E-state index contributed by atoms with van der Waals surface area (Å²) in [6, 6.07) is 12.9. The van der Waals surface area contributed by atoms with Crippen molar-refractivity contribution in [2.75, 3.05) is 11.5 Å². The fourth-order valence-corrected chi connectivity index (χ4v) is 3.52. The van der Waals surface area contributed by atoms with E-state index in [-0.39, 0.29) is 18.6 Å². The second kappa shape index (κ2) is 8.01. The van der Waals surface area contributed by atoms with Gasteiger partial charge in [-0.3, -0.25) is 4.79 Å². The standard InChI is InChI=1S/C21H22ClNO4/c1-13-10-17(22)8-9-19(13)26-12-20(24)27-15(3)21(25)23-14(2)11-16-6-4-5-7-18(16)23/h4-10,14-15H,11-12H2,1-3H3/t14-,15-/m1/s1. The number of anilines is 1. The van der Waals surface area contributed by atoms with Gasteiger partial charge in [0.2, 0.25) is 0 Å². The van der Waals surface area contributed by atoms with E-state index in [9.17, 15) is 9.59 Å². The Bertz CT molecular complexity index is 867. The fraction of sp³-hybridized carbons (Fsp3) is 0.333. The Morgan fingerprint density at radius 3 is 2.74 bits per heavy atom. The van der Waals surface area contributed by atoms with E-state index >= 15 is 0 Å². The number of fused-ring (bicyclic) bond motifs is 1. The van der Waals surface area contributed by atoms with Gasteiger partial charge in [-0.25, -0.2) is 4.79 Å². The van der Waals surface area contributed by atoms with E-state index in [0.717, 1.165) is 23.2 Å². The zero-order valence-corrected chi connectivity index (χ0v) is 16.3. The molecule has 2 aromatic rings. The molecule has 5 nitrogen and oxygen atoms in total. The van der Waals surface area contributed by atoms with E-state index in [1.54, 1.807) is 30.0 Å². The molecule has 0 saturated carbocycles. The molecule has 142 valence electrons. The highest BCUT2D eigenvalue weighted by Gasteiger charge is 2.34. The van der Waals surface area contributed by atoms with Crippen LogP contribution in [0.5, 0.6) is 5.75 Å². The highest BCUT2D eigenvalue weighted by molar-refractivity contribution is 6.30. The molecule has 0 bridgehead atoms. The first-order valence-corrected chi connectivity index (χ1v) is 9.24. The van der Waals surface area contributed by atoms with Gasteiger partial charge < -0.3 is 14.4 Å². The van der Waals surface area contributed by atoms with Crippen molar-refractivity contribution in [3.63, 3.8) is 0 Å². The monoisotopic (exact) mass is 387 g/mol. The average Bonchev–Trinajstić information content (AvgIpc) is 2.96. The van der Waals surface area contributed by atoms with Crippen LogP contribution in [0.2, 0.25) is 5.02 Å². The molecule has 1 heterocycles. The molecule has 0 spiro atoms. The van der Waals surface area contributed by atoms with Crippen LogP contribution in [0.3, 0.4) is 0 Å². The number of hydrogen-bond donors (Lipinski definition) is 0. The summed E-state index contributed by atoms with van der Waals surface area (Å²) in [4.78, 5) is 26.6. The molecule has 0 aromatic heterocycles. The molecule has 0 N–H and O–H groups in total. The van der Waals surface area contributed by atoms with Gasteiger partial charge in [-0.15, -0.1) is 0 Å². The molecular formula is C21H22ClNO4. The summed E-state index contributed by atoms with van der Waals surface area (Å²) in [5.41, 5.74) is 2.83. The lowest BCUT2D eigenvalue weighted by molar-refractivity contribution is -0.155. The first-order chi connectivity index (χ1) is 12.9. The van der Waals surface area contributed by atoms with E-state index < -0.39 is 12.1 Å². The number of carbonyl (C=O) groups is 2. The molecule has 3 rings (SSSR count). The predicted octanol–water partition coefficient (Wildman–Crippen LogP) is 3.94. The van der Waals surface area contributed by atoms with Gasteiger partial charge in [-0.2, -0.15) is 0 Å². The Labute approximate surface area is 163 Å². The van der Waals surface area contributed by atoms with Gasteiger partial charge in [0.15, 0.2) is 12.7 Å². The maximum atomic E-state index is 12.8. The Kier molecular flexibility index (Phi) is 5.71. The normalized spacial score (nSPS) is 16.6. The van der Waals surface area contributed by atoms with Crippen molar-refractivity contribution in [3.8, 4) is 5.75 Å². The van der Waals surface area contributed by atoms with Crippen LogP contribution >= 0.6 is 11.6 Å². The van der Waals surface area contributed by atoms with Crippen molar-refractivity contribution >= 4 is 29.2 Å². The second-order valence-electron chi connectivity index (χ2n) is 6.72. The van der Waals surface area contributed by atoms with Gasteiger partial charge in [0.05, 0.1) is 0 Å². The molecule has 2 aromatic carbocycles. The zero-order chi connectivity index (χ0) is 19.6. The summed E-state index contributed by atoms with van der Waals surface area (Å²) in [6.07, 6.45) is -0.0948. The van der Waals surface area contributed by atoms with Crippen LogP contribution in [0.15, 0.2) is 42.5 Å². The van der Waals surface area contributed by atoms with Crippen LogP contribution in [0.1, 0.15) is 25.0 Å². The van der Waals surface area contributed by atoms with Gasteiger partial charge in [-0.05, 0) is 62.6 Å². The highest BCUT2D eigenvalue weighted by Crippen LogP contribution is 2.32. The van der Waals surface area contributed by atoms with E-state index in [4.69, 9.17) is 21.1 Å². The molecule has 6 heteroatoms. The van der Waals surface area contributed by atoms with Crippen molar-refractivity contribution < 1.29 is 19.1 Å². The number of para-hydroxylation sites is 1. The second-order valence-corrected chi connectivity index (χ2v) is 7.16. The molecule has 1 amide bonds. The van der Waals surface area contributed by atoms with Crippen molar-refractivity contribution in [2.45, 2.75) is 39.3 Å². The van der Waals surface area contributed by atoms with Crippen LogP contribution in [-0.4, -0.2) is 30.6 Å². The molecule has 0 saturated heterocycles. The van der Waals surface area contributed by atoms with Crippen molar-refractivity contribution in [3.05, 3.63) is 58.6 Å². The SMILES string of the molecule is Cc1cc(Cl)ccc1OCC(=O)O[C@H](C)C(=O)N1c2ccccc2C[C@H]1C. The van der Waals surface area contributed by atoms with Crippen LogP contribution in [0.4, 0.5) is 5.69 Å². The van der Waals surface area contributed by atoms with Crippen molar-refractivity contribution in [1.29, 1.82) is 0 Å². The number of aryl methyl sites for hydroxylation is 1. The minimum Gasteiger partial charge on any atom is -0.482 e. The maximum absolute atomic E-state index is 12.8. The lowest BCUT2D eigenvalue weighted by Gasteiger charge is -2.25. The summed E-state index contributed by atoms with van der Waals surface area (Å²) >= 11 is 5.90. The Hall–Kier alpha value is -2.53. The molecular weight excluding hydrogens is 366 g/mol. The van der Waals surface area contributed by atoms with E-state index in [0.29, 0.717) is 10.8 Å². The quantitative estimate of drug-likeness (QED) is 0.729. The van der Waals surface area contributed by atoms with Gasteiger partial charge in [0, 0.05) is 16.8 Å². The maximum Gasteiger partial charge on any atom is 0.344 e. The summed E-state index contributed by atoms with van der Waals surface area (Å²) in [6.45, 7) is 5.14. The van der Waals surface area contributed by atoms with Gasteiger partial charge in [0.25, 0.3) is 5.91 Å². The molecule has 27 heavy (non-hydrogen) atoms. The van der Waals surface area contributed by atoms with Gasteiger partial charge in [-0.1, -0.05) is 29.8 Å². The van der Waals surface area contributed by atoms with E-state index in [1.165, 1.54) is 0 Å². The Balaban J connectivity index is 1.59. The van der Waals surface area contributed by atoms with Crippen molar-refractivity contribution in [1.82, 2.24) is 0 Å². The number of carbonyl (C=O) groups excluding carboxylic acids is 2. The van der Waals surface area contributed by atoms with Gasteiger partial charge >= 0.3 is 5.97 Å². The molecule has 0 aliphatic carbocycles. The molecule has 0 unspecified atom stereocenters. The lowest BCUT2D eigenvalue weighted by Crippen LogP contribution is -2.43. The molecule has 0 radical (unpaired) electrons. The third kappa shape index (κ3) is 4.25. The summed E-state index contributed by atoms with van der Waals surface area (Å²) in [5.74, 6) is -0.272. The molecule has 2 atom stereocenters. The Morgan fingerprint density at radius 2 is 2.00 bits per heavy atom. The third-order valence-corrected chi connectivity index (χ3v) is 4.82. The van der Waals surface area contributed by atoms with E-state index in [1.807, 2.05) is 38.1 Å². The number of esters is 1. The number of halogens is 1. The summed E-state index contributed by atoms with van der Waals surface area (Å²) < 4.78 is 10.8. The molecule has 1 aliphatic heterocycles. The minimum atomic E-state index is -0.888. The highest BCUT2D eigenvalue weighted by atomic mass is 35.5. The van der Waals surface area contributed by atoms with Crippen LogP contribution in [0.25, 0.3) is 0 Å². The topological polar surface area (TPSA) is 55.8 Å². The van der Waals surface area contributed by atoms with E-state index in [2.05, 4.69) is 0 Å². The van der Waals surface area contributed by atoms with Crippen LogP contribution in [-0.2, 0) is 20.7 Å². The number of benzene rings is 2. The largest absolute Gasteiger partial charge is 0.482 e. The average molecular weight is 388 g/mol. The molecule has 1 aliphatic rings. The number of nitrogens with zero attached hydrogens (tertiary/aromatic N) is 1. The number of amides is 1. The number of hydrogen-bond acceptors (Lipinski definition) is 4. The number of rotatable bonds is 5. The summed E-state index contributed by atoms with van der Waals surface area (Å²) in [5, 5.41) is 0.599. The first kappa shape index (κ1) is 19.2. The van der Waals surface area contributed by atoms with Crippen molar-refractivity contribution in [2.24, 2.45) is 0 Å². The smallest absolute Gasteiger partial charge is 0.344 e. The predicted molar refractivity (Wildman–Crippen MR) is 104 cm³/mol.